The molecule has 1 aromatic rings. The van der Waals surface area contributed by atoms with Crippen LogP contribution in [0.3, 0.4) is 0 Å². The maximum absolute atomic E-state index is 11.5. The second kappa shape index (κ2) is 4.31. The first-order valence-electron chi connectivity index (χ1n) is 4.81. The molecule has 0 saturated carbocycles. The average Bonchev–Trinajstić information content (AvgIpc) is 2.84. The molecule has 6 heteroatoms. The Morgan fingerprint density at radius 1 is 1.80 bits per heavy atom. The van der Waals surface area contributed by atoms with E-state index in [0.29, 0.717) is 24.8 Å². The highest BCUT2D eigenvalue weighted by Gasteiger charge is 2.19. The third kappa shape index (κ3) is 2.27. The van der Waals surface area contributed by atoms with Crippen LogP contribution < -0.4 is 5.73 Å². The second-order valence-corrected chi connectivity index (χ2v) is 3.53. The molecular formula is C9H13N3O3. The molecule has 0 radical (unpaired) electrons. The standard InChI is InChI=1S/C9H13N3O3/c10-7-3-11-12-8(7)9(13)15-5-6-1-2-14-4-6/h3,6H,1-2,4-5,10H2,(H,11,12). The lowest BCUT2D eigenvalue weighted by Gasteiger charge is -2.07. The number of nitrogen functional groups attached to an aromatic ring is 1. The van der Waals surface area contributed by atoms with Crippen molar-refractivity contribution in [3.8, 4) is 0 Å². The van der Waals surface area contributed by atoms with Crippen LogP contribution in [0.5, 0.6) is 0 Å². The molecule has 1 aliphatic rings. The number of aromatic nitrogens is 2. The summed E-state index contributed by atoms with van der Waals surface area (Å²) in [6.45, 7) is 1.78. The average molecular weight is 211 g/mol. The van der Waals surface area contributed by atoms with Gasteiger partial charge in [0.1, 0.15) is 0 Å². The molecule has 82 valence electrons. The first-order valence-corrected chi connectivity index (χ1v) is 4.81. The van der Waals surface area contributed by atoms with Crippen molar-refractivity contribution in [2.75, 3.05) is 25.6 Å². The van der Waals surface area contributed by atoms with E-state index in [4.69, 9.17) is 15.2 Å². The maximum Gasteiger partial charge on any atom is 0.358 e. The first kappa shape index (κ1) is 9.97. The zero-order valence-corrected chi connectivity index (χ0v) is 8.23. The predicted octanol–water partition coefficient (Wildman–Crippen LogP) is 0.185. The third-order valence-electron chi connectivity index (χ3n) is 2.35. The van der Waals surface area contributed by atoms with Gasteiger partial charge in [-0.15, -0.1) is 0 Å². The minimum Gasteiger partial charge on any atom is -0.461 e. The van der Waals surface area contributed by atoms with Gasteiger partial charge in [0, 0.05) is 12.5 Å². The van der Waals surface area contributed by atoms with E-state index in [1.54, 1.807) is 0 Å². The molecular weight excluding hydrogens is 198 g/mol. The van der Waals surface area contributed by atoms with Crippen molar-refractivity contribution in [2.45, 2.75) is 6.42 Å². The van der Waals surface area contributed by atoms with E-state index in [0.717, 1.165) is 13.0 Å². The smallest absolute Gasteiger partial charge is 0.358 e. The van der Waals surface area contributed by atoms with Gasteiger partial charge >= 0.3 is 5.97 Å². The molecule has 1 aromatic heterocycles. The number of anilines is 1. The van der Waals surface area contributed by atoms with E-state index >= 15 is 0 Å². The maximum atomic E-state index is 11.5. The Kier molecular flexibility index (Phi) is 2.86. The fourth-order valence-electron chi connectivity index (χ4n) is 1.44. The number of nitrogens with two attached hydrogens (primary N) is 1. The van der Waals surface area contributed by atoms with Crippen LogP contribution in [0.4, 0.5) is 5.69 Å². The summed E-state index contributed by atoms with van der Waals surface area (Å²) in [7, 11) is 0. The van der Waals surface area contributed by atoms with Crippen molar-refractivity contribution < 1.29 is 14.3 Å². The van der Waals surface area contributed by atoms with Crippen molar-refractivity contribution in [2.24, 2.45) is 5.92 Å². The number of H-pyrrole nitrogens is 1. The highest BCUT2D eigenvalue weighted by Crippen LogP contribution is 2.14. The van der Waals surface area contributed by atoms with Gasteiger partial charge < -0.3 is 15.2 Å². The minimum atomic E-state index is -0.461. The Morgan fingerprint density at radius 2 is 2.67 bits per heavy atom. The Bertz CT molecular complexity index is 344. The van der Waals surface area contributed by atoms with E-state index in [1.807, 2.05) is 0 Å². The number of hydrogen-bond donors (Lipinski definition) is 2. The van der Waals surface area contributed by atoms with Gasteiger partial charge in [0.15, 0.2) is 5.69 Å². The number of carbonyl (C=O) groups excluding carboxylic acids is 1. The van der Waals surface area contributed by atoms with E-state index in [-0.39, 0.29) is 5.69 Å². The molecule has 0 spiro atoms. The number of carbonyl (C=O) groups is 1. The van der Waals surface area contributed by atoms with Crippen molar-refractivity contribution in [3.05, 3.63) is 11.9 Å². The number of rotatable bonds is 3. The van der Waals surface area contributed by atoms with Gasteiger partial charge in [-0.25, -0.2) is 4.79 Å². The number of aromatic amines is 1. The molecule has 1 fully saturated rings. The zero-order valence-electron chi connectivity index (χ0n) is 8.23. The molecule has 1 aliphatic heterocycles. The van der Waals surface area contributed by atoms with E-state index < -0.39 is 5.97 Å². The summed E-state index contributed by atoms with van der Waals surface area (Å²) >= 11 is 0. The minimum absolute atomic E-state index is 0.217. The lowest BCUT2D eigenvalue weighted by Crippen LogP contribution is -2.15. The SMILES string of the molecule is Nc1cn[nH]c1C(=O)OCC1CCOC1. The summed E-state index contributed by atoms with van der Waals surface area (Å²) in [6.07, 6.45) is 2.32. The van der Waals surface area contributed by atoms with Crippen LogP contribution in [0.15, 0.2) is 6.20 Å². The molecule has 6 nitrogen and oxygen atoms in total. The van der Waals surface area contributed by atoms with Gasteiger partial charge in [-0.3, -0.25) is 5.10 Å². The Labute approximate surface area is 86.7 Å². The molecule has 0 aromatic carbocycles. The molecule has 2 heterocycles. The molecule has 1 atom stereocenters. The van der Waals surface area contributed by atoms with Crippen molar-refractivity contribution >= 4 is 11.7 Å². The van der Waals surface area contributed by atoms with Gasteiger partial charge in [-0.05, 0) is 6.42 Å². The molecule has 0 aliphatic carbocycles. The molecule has 1 unspecified atom stereocenters. The zero-order chi connectivity index (χ0) is 10.7. The lowest BCUT2D eigenvalue weighted by atomic mass is 10.1. The van der Waals surface area contributed by atoms with Crippen LogP contribution in [0, 0.1) is 5.92 Å². The number of esters is 1. The summed E-state index contributed by atoms with van der Waals surface area (Å²) in [6, 6.07) is 0. The van der Waals surface area contributed by atoms with Gasteiger partial charge in [0.2, 0.25) is 0 Å². The Morgan fingerprint density at radius 3 is 3.27 bits per heavy atom. The highest BCUT2D eigenvalue weighted by atomic mass is 16.5. The topological polar surface area (TPSA) is 90.2 Å². The number of nitrogens with one attached hydrogen (secondary N) is 1. The molecule has 2 rings (SSSR count). The van der Waals surface area contributed by atoms with Crippen molar-refractivity contribution in [3.63, 3.8) is 0 Å². The molecule has 1 saturated heterocycles. The van der Waals surface area contributed by atoms with Crippen LogP contribution in [-0.4, -0.2) is 36.0 Å². The van der Waals surface area contributed by atoms with E-state index in [1.165, 1.54) is 6.20 Å². The molecule has 0 bridgehead atoms. The van der Waals surface area contributed by atoms with Crippen LogP contribution in [0.2, 0.25) is 0 Å². The third-order valence-corrected chi connectivity index (χ3v) is 2.35. The summed E-state index contributed by atoms with van der Waals surface area (Å²) in [5.41, 5.74) is 6.03. The Hall–Kier alpha value is -1.56. The molecule has 3 N–H and O–H groups in total. The summed E-state index contributed by atoms with van der Waals surface area (Å²) in [5.74, 6) is -0.157. The van der Waals surface area contributed by atoms with Crippen molar-refractivity contribution in [1.29, 1.82) is 0 Å². The van der Waals surface area contributed by atoms with Gasteiger partial charge in [0.25, 0.3) is 0 Å². The summed E-state index contributed by atoms with van der Waals surface area (Å²) in [5, 5.41) is 6.15. The predicted molar refractivity (Wildman–Crippen MR) is 52.2 cm³/mol. The fraction of sp³-hybridized carbons (Fsp3) is 0.556. The fourth-order valence-corrected chi connectivity index (χ4v) is 1.44. The Balaban J connectivity index is 1.84. The number of ether oxygens (including phenoxy) is 2. The second-order valence-electron chi connectivity index (χ2n) is 3.53. The van der Waals surface area contributed by atoms with Crippen LogP contribution >= 0.6 is 0 Å². The summed E-state index contributed by atoms with van der Waals surface area (Å²) in [4.78, 5) is 11.5. The normalized spacial score (nSPS) is 20.4. The number of nitrogens with zero attached hydrogens (tertiary/aromatic N) is 1. The number of hydrogen-bond acceptors (Lipinski definition) is 5. The van der Waals surface area contributed by atoms with Gasteiger partial charge in [0.05, 0.1) is 25.1 Å². The van der Waals surface area contributed by atoms with Crippen LogP contribution in [0.1, 0.15) is 16.9 Å². The highest BCUT2D eigenvalue weighted by molar-refractivity contribution is 5.92. The molecule has 0 amide bonds. The van der Waals surface area contributed by atoms with E-state index in [2.05, 4.69) is 10.2 Å². The quantitative estimate of drug-likeness (QED) is 0.696. The van der Waals surface area contributed by atoms with Crippen LogP contribution in [-0.2, 0) is 9.47 Å². The van der Waals surface area contributed by atoms with Gasteiger partial charge in [-0.2, -0.15) is 5.10 Å². The van der Waals surface area contributed by atoms with Crippen molar-refractivity contribution in [1.82, 2.24) is 10.2 Å². The van der Waals surface area contributed by atoms with Crippen LogP contribution in [0.25, 0.3) is 0 Å². The molecule has 15 heavy (non-hydrogen) atoms. The van der Waals surface area contributed by atoms with Gasteiger partial charge in [-0.1, -0.05) is 0 Å². The monoisotopic (exact) mass is 211 g/mol. The summed E-state index contributed by atoms with van der Waals surface area (Å²) < 4.78 is 10.2. The first-order chi connectivity index (χ1) is 7.27. The van der Waals surface area contributed by atoms with E-state index in [9.17, 15) is 4.79 Å². The lowest BCUT2D eigenvalue weighted by molar-refractivity contribution is 0.0422. The largest absolute Gasteiger partial charge is 0.461 e.